The van der Waals surface area contributed by atoms with Crippen molar-refractivity contribution in [1.29, 1.82) is 0 Å². The molecule has 6 nitrogen and oxygen atoms in total. The number of amidine groups is 1. The molecule has 0 aliphatic carbocycles. The van der Waals surface area contributed by atoms with E-state index >= 15 is 0 Å². The van der Waals surface area contributed by atoms with Crippen LogP contribution < -0.4 is 5.32 Å². The van der Waals surface area contributed by atoms with Crippen molar-refractivity contribution in [3.05, 3.63) is 58.0 Å². The Labute approximate surface area is 167 Å². The molecule has 146 valence electrons. The first-order valence-electron chi connectivity index (χ1n) is 9.19. The van der Waals surface area contributed by atoms with Gasteiger partial charge in [0.05, 0.1) is 16.8 Å². The van der Waals surface area contributed by atoms with E-state index in [2.05, 4.69) is 27.4 Å². The second-order valence-electron chi connectivity index (χ2n) is 7.24. The standard InChI is InChI=1S/C20H21ClFN5O/c1-27-7-5-13(11-27)24-19-10-15-14(4-6-23-20(15)25-19)18(26-28)9-12-2-3-17(22)16(21)8-12/h2-4,6,8,13,28H,5,7,9-11H2,1H3,(H,23,24,25)/b26-18+. The fourth-order valence-electron chi connectivity index (χ4n) is 3.74. The lowest BCUT2D eigenvalue weighted by Crippen LogP contribution is -2.18. The van der Waals surface area contributed by atoms with Gasteiger partial charge in [0.15, 0.2) is 0 Å². The van der Waals surface area contributed by atoms with Crippen LogP contribution in [-0.2, 0) is 12.8 Å². The maximum atomic E-state index is 13.4. The van der Waals surface area contributed by atoms with Gasteiger partial charge in [-0.15, -0.1) is 0 Å². The first-order valence-corrected chi connectivity index (χ1v) is 9.56. The Hall–Kier alpha value is -2.51. The monoisotopic (exact) mass is 401 g/mol. The van der Waals surface area contributed by atoms with Crippen molar-refractivity contribution in [1.82, 2.24) is 9.88 Å². The van der Waals surface area contributed by atoms with E-state index in [0.717, 1.165) is 47.9 Å². The molecule has 4 rings (SSSR count). The molecule has 3 heterocycles. The van der Waals surface area contributed by atoms with Gasteiger partial charge in [0, 0.05) is 36.7 Å². The van der Waals surface area contributed by atoms with Crippen LogP contribution in [0.1, 0.15) is 23.1 Å². The fourth-order valence-corrected chi connectivity index (χ4v) is 3.94. The summed E-state index contributed by atoms with van der Waals surface area (Å²) < 4.78 is 13.4. The Bertz CT molecular complexity index is 962. The van der Waals surface area contributed by atoms with Crippen LogP contribution in [0, 0.1) is 5.82 Å². The van der Waals surface area contributed by atoms with Gasteiger partial charge in [-0.25, -0.2) is 9.37 Å². The summed E-state index contributed by atoms with van der Waals surface area (Å²) in [5.74, 6) is 1.15. The van der Waals surface area contributed by atoms with E-state index in [1.54, 1.807) is 18.3 Å². The third-order valence-electron chi connectivity index (χ3n) is 5.15. The number of halogens is 2. The number of benzene rings is 1. The third-order valence-corrected chi connectivity index (χ3v) is 5.44. The molecule has 8 heteroatoms. The Morgan fingerprint density at radius 3 is 3.00 bits per heavy atom. The van der Waals surface area contributed by atoms with Crippen LogP contribution in [0.4, 0.5) is 10.2 Å². The number of anilines is 1. The number of nitrogens with zero attached hydrogens (tertiary/aromatic N) is 4. The van der Waals surface area contributed by atoms with Gasteiger partial charge in [0.25, 0.3) is 0 Å². The minimum Gasteiger partial charge on any atom is -0.411 e. The van der Waals surface area contributed by atoms with Gasteiger partial charge in [-0.2, -0.15) is 0 Å². The quantitative estimate of drug-likeness (QED) is 0.468. The summed E-state index contributed by atoms with van der Waals surface area (Å²) in [6, 6.07) is 6.61. The molecular formula is C20H21ClFN5O. The molecule has 1 unspecified atom stereocenters. The molecule has 1 saturated heterocycles. The number of likely N-dealkylation sites (tertiary alicyclic amines) is 1. The minimum atomic E-state index is -0.472. The number of aliphatic imine (C=N–C) groups is 1. The molecule has 0 amide bonds. The molecule has 1 fully saturated rings. The van der Waals surface area contributed by atoms with Crippen LogP contribution >= 0.6 is 11.6 Å². The predicted molar refractivity (Wildman–Crippen MR) is 108 cm³/mol. The lowest BCUT2D eigenvalue weighted by atomic mass is 9.98. The second-order valence-corrected chi connectivity index (χ2v) is 7.65. The molecule has 0 saturated carbocycles. The molecule has 0 spiro atoms. The first kappa shape index (κ1) is 18.8. The molecule has 28 heavy (non-hydrogen) atoms. The molecule has 0 bridgehead atoms. The van der Waals surface area contributed by atoms with Crippen LogP contribution in [-0.4, -0.2) is 52.8 Å². The van der Waals surface area contributed by atoms with Gasteiger partial charge in [-0.1, -0.05) is 22.8 Å². The SMILES string of the molecule is CN1CCC(N=C2Cc3c(/C(Cc4ccc(F)c(Cl)c4)=N/O)ccnc3N2)C1. The molecule has 2 N–H and O–H groups in total. The number of nitrogens with one attached hydrogen (secondary N) is 1. The molecule has 2 aliphatic rings. The highest BCUT2D eigenvalue weighted by atomic mass is 35.5. The van der Waals surface area contributed by atoms with Gasteiger partial charge in [0.1, 0.15) is 17.5 Å². The highest BCUT2D eigenvalue weighted by molar-refractivity contribution is 6.30. The van der Waals surface area contributed by atoms with Gasteiger partial charge >= 0.3 is 0 Å². The van der Waals surface area contributed by atoms with Crippen molar-refractivity contribution in [2.45, 2.75) is 25.3 Å². The summed E-state index contributed by atoms with van der Waals surface area (Å²) in [6.45, 7) is 2.01. The zero-order valence-corrected chi connectivity index (χ0v) is 16.2. The Morgan fingerprint density at radius 1 is 1.43 bits per heavy atom. The van der Waals surface area contributed by atoms with Crippen molar-refractivity contribution >= 4 is 29.0 Å². The maximum Gasteiger partial charge on any atom is 0.141 e. The summed E-state index contributed by atoms with van der Waals surface area (Å²) in [4.78, 5) is 11.5. The van der Waals surface area contributed by atoms with Crippen molar-refractivity contribution < 1.29 is 9.60 Å². The summed E-state index contributed by atoms with van der Waals surface area (Å²) in [5.41, 5.74) is 2.99. The van der Waals surface area contributed by atoms with Gasteiger partial charge in [0.2, 0.25) is 0 Å². The van der Waals surface area contributed by atoms with E-state index < -0.39 is 5.82 Å². The average Bonchev–Trinajstić information content (AvgIpc) is 3.28. The largest absolute Gasteiger partial charge is 0.411 e. The smallest absolute Gasteiger partial charge is 0.141 e. The summed E-state index contributed by atoms with van der Waals surface area (Å²) in [6.07, 6.45) is 3.66. The molecule has 1 atom stereocenters. The number of rotatable bonds is 4. The van der Waals surface area contributed by atoms with E-state index in [-0.39, 0.29) is 11.1 Å². The van der Waals surface area contributed by atoms with Crippen LogP contribution in [0.3, 0.4) is 0 Å². The topological polar surface area (TPSA) is 73.1 Å². The zero-order chi connectivity index (χ0) is 19.7. The highest BCUT2D eigenvalue weighted by Gasteiger charge is 2.26. The number of aromatic nitrogens is 1. The third kappa shape index (κ3) is 3.86. The van der Waals surface area contributed by atoms with Crippen molar-refractivity contribution in [3.63, 3.8) is 0 Å². The van der Waals surface area contributed by atoms with Gasteiger partial charge in [-0.05, 0) is 43.8 Å². The molecule has 0 radical (unpaired) electrons. The Balaban J connectivity index is 1.57. The first-order chi connectivity index (χ1) is 13.5. The van der Waals surface area contributed by atoms with Gasteiger partial charge < -0.3 is 15.4 Å². The van der Waals surface area contributed by atoms with Gasteiger partial charge in [-0.3, -0.25) is 4.99 Å². The average molecular weight is 402 g/mol. The van der Waals surface area contributed by atoms with Crippen LogP contribution in [0.25, 0.3) is 0 Å². The van der Waals surface area contributed by atoms with E-state index in [1.165, 1.54) is 6.07 Å². The summed E-state index contributed by atoms with van der Waals surface area (Å²) >= 11 is 5.87. The van der Waals surface area contributed by atoms with E-state index in [1.807, 2.05) is 6.07 Å². The van der Waals surface area contributed by atoms with E-state index in [4.69, 9.17) is 16.6 Å². The fraction of sp³-hybridized carbons (Fsp3) is 0.350. The zero-order valence-electron chi connectivity index (χ0n) is 15.5. The lowest BCUT2D eigenvalue weighted by Gasteiger charge is -2.09. The number of likely N-dealkylation sites (N-methyl/N-ethyl adjacent to an activating group) is 1. The molecular weight excluding hydrogens is 381 g/mol. The highest BCUT2D eigenvalue weighted by Crippen LogP contribution is 2.27. The molecule has 1 aromatic heterocycles. The van der Waals surface area contributed by atoms with Crippen molar-refractivity contribution in [3.8, 4) is 0 Å². The predicted octanol–water partition coefficient (Wildman–Crippen LogP) is 3.37. The van der Waals surface area contributed by atoms with E-state index in [9.17, 15) is 9.60 Å². The van der Waals surface area contributed by atoms with Crippen LogP contribution in [0.15, 0.2) is 40.6 Å². The molecule has 2 aromatic rings. The number of pyridine rings is 1. The number of oxime groups is 1. The van der Waals surface area contributed by atoms with Crippen LogP contribution in [0.5, 0.6) is 0 Å². The summed E-state index contributed by atoms with van der Waals surface area (Å²) in [5, 5.41) is 16.5. The number of fused-ring (bicyclic) bond motifs is 1. The summed E-state index contributed by atoms with van der Waals surface area (Å²) in [7, 11) is 2.10. The number of hydrogen-bond donors (Lipinski definition) is 2. The lowest BCUT2D eigenvalue weighted by molar-refractivity contribution is 0.318. The Morgan fingerprint density at radius 2 is 2.29 bits per heavy atom. The number of hydrogen-bond acceptors (Lipinski definition) is 5. The normalized spacial score (nSPS) is 21.2. The molecule has 1 aromatic carbocycles. The van der Waals surface area contributed by atoms with Crippen molar-refractivity contribution in [2.24, 2.45) is 10.1 Å². The second kappa shape index (κ2) is 7.85. The molecule has 2 aliphatic heterocycles. The maximum absolute atomic E-state index is 13.4. The minimum absolute atomic E-state index is 0.0485. The van der Waals surface area contributed by atoms with E-state index in [0.29, 0.717) is 18.6 Å². The van der Waals surface area contributed by atoms with Crippen LogP contribution in [0.2, 0.25) is 5.02 Å². The Kier molecular flexibility index (Phi) is 5.28. The van der Waals surface area contributed by atoms with Crippen molar-refractivity contribution in [2.75, 3.05) is 25.5 Å².